The molecule has 0 radical (unpaired) electrons. The van der Waals surface area contributed by atoms with E-state index in [2.05, 4.69) is 10.3 Å². The number of benzene rings is 1. The first-order valence-electron chi connectivity index (χ1n) is 8.22. The van der Waals surface area contributed by atoms with E-state index in [1.165, 1.54) is 6.92 Å². The maximum absolute atomic E-state index is 13.6. The van der Waals surface area contributed by atoms with Crippen molar-refractivity contribution in [3.63, 3.8) is 0 Å². The number of carbonyl (C=O) groups excluding carboxylic acids is 2. The number of carbonyl (C=O) groups is 2. The van der Waals surface area contributed by atoms with Crippen molar-refractivity contribution in [2.45, 2.75) is 20.4 Å². The number of anilines is 1. The highest BCUT2D eigenvalue weighted by Crippen LogP contribution is 2.22. The number of fused-ring (bicyclic) bond motifs is 1. The van der Waals surface area contributed by atoms with Crippen molar-refractivity contribution in [1.82, 2.24) is 9.55 Å². The quantitative estimate of drug-likeness (QED) is 0.670. The summed E-state index contributed by atoms with van der Waals surface area (Å²) in [5.41, 5.74) is -1.21. The van der Waals surface area contributed by atoms with Gasteiger partial charge >= 0.3 is 5.97 Å². The molecule has 10 heteroatoms. The fourth-order valence-corrected chi connectivity index (χ4v) is 2.64. The summed E-state index contributed by atoms with van der Waals surface area (Å²) >= 11 is 0. The molecule has 8 nitrogen and oxygen atoms in total. The van der Waals surface area contributed by atoms with E-state index in [9.17, 15) is 23.2 Å². The minimum Gasteiger partial charge on any atom is -0.462 e. The van der Waals surface area contributed by atoms with Gasteiger partial charge in [-0.2, -0.15) is 0 Å². The highest BCUT2D eigenvalue weighted by atomic mass is 19.1. The summed E-state index contributed by atoms with van der Waals surface area (Å²) < 4.78 is 38.0. The van der Waals surface area contributed by atoms with E-state index >= 15 is 0 Å². The van der Waals surface area contributed by atoms with E-state index in [1.807, 2.05) is 0 Å². The van der Waals surface area contributed by atoms with E-state index in [-0.39, 0.29) is 34.7 Å². The third kappa shape index (κ3) is 3.61. The van der Waals surface area contributed by atoms with Crippen molar-refractivity contribution >= 4 is 28.7 Å². The first-order valence-corrected chi connectivity index (χ1v) is 8.22. The molecule has 0 spiro atoms. The van der Waals surface area contributed by atoms with Crippen LogP contribution in [0.4, 0.5) is 14.5 Å². The Morgan fingerprint density at radius 1 is 1.32 bits per heavy atom. The highest BCUT2D eigenvalue weighted by Gasteiger charge is 2.24. The van der Waals surface area contributed by atoms with E-state index in [1.54, 1.807) is 6.92 Å². The molecule has 0 aliphatic heterocycles. The molecular formula is C18H15F2N3O5. The van der Waals surface area contributed by atoms with E-state index < -0.39 is 35.6 Å². The number of furan rings is 1. The number of rotatable bonds is 5. The number of ether oxygens (including phenoxy) is 1. The summed E-state index contributed by atoms with van der Waals surface area (Å²) in [6.07, 6.45) is 1.06. The van der Waals surface area contributed by atoms with Gasteiger partial charge in [-0.3, -0.25) is 14.2 Å². The molecule has 0 saturated heterocycles. The second-order valence-electron chi connectivity index (χ2n) is 5.78. The number of halogens is 2. The molecular weight excluding hydrogens is 376 g/mol. The lowest BCUT2D eigenvalue weighted by Crippen LogP contribution is -2.28. The fraction of sp³-hybridized carbons (Fsp3) is 0.222. The van der Waals surface area contributed by atoms with Gasteiger partial charge in [0.05, 0.1) is 12.3 Å². The molecule has 3 rings (SSSR count). The molecule has 0 aliphatic rings. The Balaban J connectivity index is 1.93. The lowest BCUT2D eigenvalue weighted by atomic mass is 10.2. The molecule has 0 atom stereocenters. The number of aromatic nitrogens is 2. The second kappa shape index (κ2) is 7.59. The van der Waals surface area contributed by atoms with Crippen molar-refractivity contribution in [3.8, 4) is 0 Å². The number of hydrogen-bond acceptors (Lipinski definition) is 6. The number of amides is 1. The number of hydrogen-bond donors (Lipinski definition) is 1. The van der Waals surface area contributed by atoms with Gasteiger partial charge in [-0.25, -0.2) is 18.6 Å². The maximum atomic E-state index is 13.6. The topological polar surface area (TPSA) is 103 Å². The van der Waals surface area contributed by atoms with E-state index in [0.29, 0.717) is 0 Å². The molecule has 0 saturated carbocycles. The summed E-state index contributed by atoms with van der Waals surface area (Å²) in [6.45, 7) is 2.66. The predicted molar refractivity (Wildman–Crippen MR) is 94.0 cm³/mol. The first-order chi connectivity index (χ1) is 13.3. The van der Waals surface area contributed by atoms with Crippen LogP contribution < -0.4 is 10.9 Å². The normalized spacial score (nSPS) is 10.9. The summed E-state index contributed by atoms with van der Waals surface area (Å²) in [5.74, 6) is -2.94. The maximum Gasteiger partial charge on any atom is 0.342 e. The molecule has 0 fully saturated rings. The minimum atomic E-state index is -0.828. The molecule has 0 bridgehead atoms. The molecule has 28 heavy (non-hydrogen) atoms. The Morgan fingerprint density at radius 3 is 2.79 bits per heavy atom. The van der Waals surface area contributed by atoms with Gasteiger partial charge in [-0.15, -0.1) is 0 Å². The summed E-state index contributed by atoms with van der Waals surface area (Å²) in [4.78, 5) is 40.9. The summed E-state index contributed by atoms with van der Waals surface area (Å²) in [6, 6.07) is 2.59. The average Bonchev–Trinajstić information content (AvgIpc) is 2.97. The lowest BCUT2D eigenvalue weighted by molar-refractivity contribution is -0.116. The van der Waals surface area contributed by atoms with E-state index in [0.717, 1.165) is 29.1 Å². The molecule has 146 valence electrons. The van der Waals surface area contributed by atoms with Crippen LogP contribution in [0.2, 0.25) is 0 Å². The molecule has 1 N–H and O–H groups in total. The third-order valence-electron chi connectivity index (χ3n) is 3.85. The fourth-order valence-electron chi connectivity index (χ4n) is 2.64. The van der Waals surface area contributed by atoms with Gasteiger partial charge in [0, 0.05) is 6.07 Å². The standard InChI is InChI=1S/C18H15F2N3O5/c1-3-27-18(26)14-9(2)28-16-15(14)17(25)23(8-21-16)7-13(24)22-12-6-10(19)4-5-11(12)20/h4-6,8H,3,7H2,1-2H3,(H,22,24). The smallest absolute Gasteiger partial charge is 0.342 e. The van der Waals surface area contributed by atoms with Gasteiger partial charge in [0.15, 0.2) is 0 Å². The van der Waals surface area contributed by atoms with Gasteiger partial charge in [-0.1, -0.05) is 0 Å². The monoisotopic (exact) mass is 391 g/mol. The first kappa shape index (κ1) is 19.2. The molecule has 0 aliphatic carbocycles. The molecule has 0 unspecified atom stereocenters. The number of esters is 1. The van der Waals surface area contributed by atoms with Gasteiger partial charge in [0.2, 0.25) is 11.6 Å². The zero-order valence-corrected chi connectivity index (χ0v) is 14.9. The molecule has 1 aromatic carbocycles. The van der Waals surface area contributed by atoms with Crippen LogP contribution in [0, 0.1) is 18.6 Å². The highest BCUT2D eigenvalue weighted by molar-refractivity contribution is 6.03. The Bertz CT molecular complexity index is 1140. The average molecular weight is 391 g/mol. The van der Waals surface area contributed by atoms with Gasteiger partial charge in [-0.05, 0) is 26.0 Å². The zero-order chi connectivity index (χ0) is 20.4. The van der Waals surface area contributed by atoms with Crippen LogP contribution in [0.5, 0.6) is 0 Å². The van der Waals surface area contributed by atoms with Crippen LogP contribution in [0.15, 0.2) is 33.7 Å². The van der Waals surface area contributed by atoms with Crippen LogP contribution in [0.25, 0.3) is 11.1 Å². The van der Waals surface area contributed by atoms with Gasteiger partial charge in [0.1, 0.15) is 41.2 Å². The second-order valence-corrected chi connectivity index (χ2v) is 5.78. The van der Waals surface area contributed by atoms with Crippen molar-refractivity contribution in [2.24, 2.45) is 0 Å². The zero-order valence-electron chi connectivity index (χ0n) is 14.9. The minimum absolute atomic E-state index is 0.0692. The van der Waals surface area contributed by atoms with Crippen molar-refractivity contribution in [1.29, 1.82) is 0 Å². The third-order valence-corrected chi connectivity index (χ3v) is 3.85. The van der Waals surface area contributed by atoms with Crippen LogP contribution in [0.1, 0.15) is 23.0 Å². The Hall–Kier alpha value is -3.56. The van der Waals surface area contributed by atoms with E-state index in [4.69, 9.17) is 9.15 Å². The largest absolute Gasteiger partial charge is 0.462 e. The Morgan fingerprint density at radius 2 is 2.07 bits per heavy atom. The van der Waals surface area contributed by atoms with Gasteiger partial charge in [0.25, 0.3) is 5.56 Å². The predicted octanol–water partition coefficient (Wildman–Crippen LogP) is 2.39. The number of nitrogens with one attached hydrogen (secondary N) is 1. The van der Waals surface area contributed by atoms with Crippen molar-refractivity contribution < 1.29 is 27.5 Å². The van der Waals surface area contributed by atoms with Crippen LogP contribution in [-0.4, -0.2) is 28.0 Å². The SMILES string of the molecule is CCOC(=O)c1c(C)oc2ncn(CC(=O)Nc3cc(F)ccc3F)c(=O)c12. The Kier molecular flexibility index (Phi) is 5.21. The summed E-state index contributed by atoms with van der Waals surface area (Å²) in [7, 11) is 0. The van der Waals surface area contributed by atoms with Crippen molar-refractivity contribution in [3.05, 3.63) is 57.8 Å². The van der Waals surface area contributed by atoms with Crippen LogP contribution in [-0.2, 0) is 16.1 Å². The molecule has 2 aromatic heterocycles. The van der Waals surface area contributed by atoms with Crippen molar-refractivity contribution in [2.75, 3.05) is 11.9 Å². The number of aryl methyl sites for hydroxylation is 1. The van der Waals surface area contributed by atoms with Crippen LogP contribution >= 0.6 is 0 Å². The number of nitrogens with zero attached hydrogens (tertiary/aromatic N) is 2. The molecule has 1 amide bonds. The summed E-state index contributed by atoms with van der Waals surface area (Å²) in [5, 5.41) is 2.06. The molecule has 2 heterocycles. The lowest BCUT2D eigenvalue weighted by Gasteiger charge is -2.08. The van der Waals surface area contributed by atoms with Crippen LogP contribution in [0.3, 0.4) is 0 Å². The molecule has 3 aromatic rings. The van der Waals surface area contributed by atoms with Gasteiger partial charge < -0.3 is 14.5 Å². The Labute approximate surface area is 156 Å².